The van der Waals surface area contributed by atoms with Gasteiger partial charge in [0.1, 0.15) is 5.75 Å². The lowest BCUT2D eigenvalue weighted by atomic mass is 9.92. The summed E-state index contributed by atoms with van der Waals surface area (Å²) in [7, 11) is 0. The molecule has 0 aromatic heterocycles. The van der Waals surface area contributed by atoms with Crippen LogP contribution in [0.2, 0.25) is 0 Å². The van der Waals surface area contributed by atoms with Gasteiger partial charge in [-0.25, -0.2) is 0 Å². The molecule has 0 N–H and O–H groups in total. The number of unbranched alkanes of at least 4 members (excludes halogenated alkanes) is 2. The Morgan fingerprint density at radius 1 is 0.864 bits per heavy atom. The molecule has 0 aliphatic carbocycles. The molecule has 0 spiro atoms. The second-order valence-corrected chi connectivity index (χ2v) is 6.00. The molecular weight excluding hydrogens is 272 g/mol. The maximum Gasteiger partial charge on any atom is 0.199 e. The van der Waals surface area contributed by atoms with Gasteiger partial charge in [-0.2, -0.15) is 0 Å². The first-order valence-corrected chi connectivity index (χ1v) is 9.13. The first kappa shape index (κ1) is 19.0. The number of benzene rings is 1. The second kappa shape index (κ2) is 11.5. The summed E-state index contributed by atoms with van der Waals surface area (Å²) >= 11 is 0. The molecule has 0 aliphatic heterocycles. The Labute approximate surface area is 137 Å². The van der Waals surface area contributed by atoms with Crippen LogP contribution in [0.3, 0.4) is 0 Å². The Bertz CT molecular complexity index is 372. The Hall–Kier alpha value is -1.02. The van der Waals surface area contributed by atoms with Crippen molar-refractivity contribution in [1.29, 1.82) is 0 Å². The zero-order valence-electron chi connectivity index (χ0n) is 14.9. The molecule has 2 unspecified atom stereocenters. The molecule has 0 saturated heterocycles. The van der Waals surface area contributed by atoms with Crippen LogP contribution < -0.4 is 4.74 Å². The van der Waals surface area contributed by atoms with Gasteiger partial charge >= 0.3 is 0 Å². The normalized spacial score (nSPS) is 13.8. The third kappa shape index (κ3) is 6.83. The lowest BCUT2D eigenvalue weighted by molar-refractivity contribution is -0.0825. The zero-order chi connectivity index (χ0) is 16.2. The van der Waals surface area contributed by atoms with Crippen molar-refractivity contribution in [3.8, 4) is 5.75 Å². The van der Waals surface area contributed by atoms with Gasteiger partial charge in [0.2, 0.25) is 0 Å². The van der Waals surface area contributed by atoms with Crippen molar-refractivity contribution in [3.05, 3.63) is 29.8 Å². The Balaban J connectivity index is 2.50. The van der Waals surface area contributed by atoms with E-state index >= 15 is 0 Å². The fourth-order valence-electron chi connectivity index (χ4n) is 2.73. The molecule has 0 fully saturated rings. The van der Waals surface area contributed by atoms with Crippen molar-refractivity contribution in [1.82, 2.24) is 0 Å². The minimum Gasteiger partial charge on any atom is -0.465 e. The van der Waals surface area contributed by atoms with Gasteiger partial charge in [0.25, 0.3) is 0 Å². The second-order valence-electron chi connectivity index (χ2n) is 6.00. The lowest BCUT2D eigenvalue weighted by Crippen LogP contribution is -2.20. The van der Waals surface area contributed by atoms with Crippen LogP contribution in [0.4, 0.5) is 0 Å². The summed E-state index contributed by atoms with van der Waals surface area (Å²) < 4.78 is 11.8. The fourth-order valence-corrected chi connectivity index (χ4v) is 2.73. The molecule has 2 atom stereocenters. The topological polar surface area (TPSA) is 18.5 Å². The first-order valence-electron chi connectivity index (χ1n) is 9.13. The van der Waals surface area contributed by atoms with Crippen molar-refractivity contribution in [2.45, 2.75) is 84.8 Å². The van der Waals surface area contributed by atoms with E-state index in [1.54, 1.807) is 0 Å². The minimum atomic E-state index is -0.125. The molecule has 22 heavy (non-hydrogen) atoms. The van der Waals surface area contributed by atoms with Gasteiger partial charge < -0.3 is 9.47 Å². The van der Waals surface area contributed by atoms with Crippen LogP contribution in [0.25, 0.3) is 0 Å². The number of ether oxygens (including phenoxy) is 2. The van der Waals surface area contributed by atoms with Crippen molar-refractivity contribution < 1.29 is 9.47 Å². The van der Waals surface area contributed by atoms with Crippen LogP contribution in [0.1, 0.15) is 84.1 Å². The van der Waals surface area contributed by atoms with E-state index in [0.717, 1.165) is 25.2 Å². The zero-order valence-corrected chi connectivity index (χ0v) is 14.9. The quantitative estimate of drug-likeness (QED) is 0.333. The van der Waals surface area contributed by atoms with Gasteiger partial charge in [-0.05, 0) is 42.9 Å². The van der Waals surface area contributed by atoms with Crippen LogP contribution >= 0.6 is 0 Å². The van der Waals surface area contributed by atoms with Crippen LogP contribution in [0, 0.1) is 0 Å². The van der Waals surface area contributed by atoms with E-state index in [1.165, 1.54) is 37.7 Å². The van der Waals surface area contributed by atoms with Gasteiger partial charge in [-0.3, -0.25) is 0 Å². The molecular formula is C20H34O2. The van der Waals surface area contributed by atoms with Crippen molar-refractivity contribution in [3.63, 3.8) is 0 Å². The summed E-state index contributed by atoms with van der Waals surface area (Å²) in [5, 5.41) is 0. The number of rotatable bonds is 12. The third-order valence-corrected chi connectivity index (χ3v) is 4.13. The lowest BCUT2D eigenvalue weighted by Gasteiger charge is -2.19. The Kier molecular flexibility index (Phi) is 9.98. The highest BCUT2D eigenvalue weighted by molar-refractivity contribution is 5.29. The molecule has 0 radical (unpaired) electrons. The van der Waals surface area contributed by atoms with E-state index in [1.807, 2.05) is 0 Å². The van der Waals surface area contributed by atoms with E-state index < -0.39 is 0 Å². The van der Waals surface area contributed by atoms with Crippen LogP contribution in [-0.4, -0.2) is 12.9 Å². The molecule has 0 heterocycles. The highest BCUT2D eigenvalue weighted by Gasteiger charge is 2.11. The Morgan fingerprint density at radius 2 is 1.59 bits per heavy atom. The van der Waals surface area contributed by atoms with Gasteiger partial charge in [0.05, 0.1) is 6.61 Å². The summed E-state index contributed by atoms with van der Waals surface area (Å²) in [6.07, 6.45) is 8.01. The standard InChI is InChI=1S/C20H34O2/c1-5-9-10-16-21-20(8-4)22-19-14-12-18(13-15-19)17(7-3)11-6-2/h12-15,17,20H,5-11,16H2,1-4H3. The average Bonchev–Trinajstić information content (AvgIpc) is 2.56. The predicted octanol–water partition coefficient (Wildman–Crippen LogP) is 6.30. The van der Waals surface area contributed by atoms with E-state index in [2.05, 4.69) is 52.0 Å². The summed E-state index contributed by atoms with van der Waals surface area (Å²) in [6.45, 7) is 9.62. The average molecular weight is 306 g/mol. The van der Waals surface area contributed by atoms with Crippen LogP contribution in [-0.2, 0) is 4.74 Å². The maximum atomic E-state index is 5.95. The third-order valence-electron chi connectivity index (χ3n) is 4.13. The highest BCUT2D eigenvalue weighted by atomic mass is 16.7. The molecule has 2 heteroatoms. The molecule has 1 aromatic rings. The first-order chi connectivity index (χ1) is 10.7. The smallest absolute Gasteiger partial charge is 0.199 e. The molecule has 1 aromatic carbocycles. The minimum absolute atomic E-state index is 0.125. The number of hydrogen-bond donors (Lipinski definition) is 0. The molecule has 0 saturated carbocycles. The molecule has 2 nitrogen and oxygen atoms in total. The highest BCUT2D eigenvalue weighted by Crippen LogP contribution is 2.26. The molecule has 1 rings (SSSR count). The van der Waals surface area contributed by atoms with Gasteiger partial charge in [0.15, 0.2) is 6.29 Å². The fraction of sp³-hybridized carbons (Fsp3) is 0.700. The number of hydrogen-bond acceptors (Lipinski definition) is 2. The van der Waals surface area contributed by atoms with E-state index in [4.69, 9.17) is 9.47 Å². The molecule has 0 amide bonds. The molecule has 126 valence electrons. The van der Waals surface area contributed by atoms with E-state index in [9.17, 15) is 0 Å². The summed E-state index contributed by atoms with van der Waals surface area (Å²) in [5.41, 5.74) is 1.42. The van der Waals surface area contributed by atoms with Crippen molar-refractivity contribution >= 4 is 0 Å². The monoisotopic (exact) mass is 306 g/mol. The molecule has 0 aliphatic rings. The van der Waals surface area contributed by atoms with Gasteiger partial charge in [-0.15, -0.1) is 0 Å². The summed E-state index contributed by atoms with van der Waals surface area (Å²) in [4.78, 5) is 0. The molecule has 0 bridgehead atoms. The van der Waals surface area contributed by atoms with Gasteiger partial charge in [0, 0.05) is 6.42 Å². The van der Waals surface area contributed by atoms with Crippen molar-refractivity contribution in [2.75, 3.05) is 6.61 Å². The van der Waals surface area contributed by atoms with Gasteiger partial charge in [-0.1, -0.05) is 59.1 Å². The maximum absolute atomic E-state index is 5.95. The Morgan fingerprint density at radius 3 is 2.14 bits per heavy atom. The predicted molar refractivity (Wildman–Crippen MR) is 94.6 cm³/mol. The van der Waals surface area contributed by atoms with E-state index in [-0.39, 0.29) is 6.29 Å². The van der Waals surface area contributed by atoms with Crippen LogP contribution in [0.5, 0.6) is 5.75 Å². The summed E-state index contributed by atoms with van der Waals surface area (Å²) in [5.74, 6) is 1.59. The largest absolute Gasteiger partial charge is 0.465 e. The van der Waals surface area contributed by atoms with Crippen LogP contribution in [0.15, 0.2) is 24.3 Å². The summed E-state index contributed by atoms with van der Waals surface area (Å²) in [6, 6.07) is 8.60. The van der Waals surface area contributed by atoms with E-state index in [0.29, 0.717) is 5.92 Å². The SMILES string of the molecule is CCCCCOC(CC)Oc1ccc(C(CC)CCC)cc1. The van der Waals surface area contributed by atoms with Crippen molar-refractivity contribution in [2.24, 2.45) is 0 Å².